The first-order valence-electron chi connectivity index (χ1n) is 29.8. The van der Waals surface area contributed by atoms with Crippen molar-refractivity contribution in [2.24, 2.45) is 45.3 Å². The second-order valence-corrected chi connectivity index (χ2v) is 27.0. The van der Waals surface area contributed by atoms with Crippen molar-refractivity contribution < 1.29 is 33.6 Å². The van der Waals surface area contributed by atoms with Gasteiger partial charge in [0.1, 0.15) is 0 Å². The number of hydrogen-bond acceptors (Lipinski definition) is 9. The summed E-state index contributed by atoms with van der Waals surface area (Å²) in [6.45, 7) is 51.1. The Balaban J connectivity index is 0.000000481. The largest absolute Gasteiger partial charge is 0.394 e. The van der Waals surface area contributed by atoms with Gasteiger partial charge in [-0.2, -0.15) is 0 Å². The summed E-state index contributed by atoms with van der Waals surface area (Å²) in [5.41, 5.74) is 1.79. The van der Waals surface area contributed by atoms with Crippen molar-refractivity contribution in [1.29, 1.82) is 0 Å². The van der Waals surface area contributed by atoms with E-state index in [0.29, 0.717) is 54.3 Å². The van der Waals surface area contributed by atoms with Crippen LogP contribution in [0.3, 0.4) is 0 Å². The summed E-state index contributed by atoms with van der Waals surface area (Å²) in [5.74, 6) is 3.90. The first-order chi connectivity index (χ1) is 33.9. The minimum Gasteiger partial charge on any atom is -0.394 e. The average Bonchev–Trinajstić information content (AvgIpc) is 3.29. The predicted octanol–water partition coefficient (Wildman–Crippen LogP) is 12.7. The number of aliphatic hydroxyl groups is 1. The fourth-order valence-electron chi connectivity index (χ4n) is 11.0. The maximum absolute atomic E-state index is 12.0. The minimum atomic E-state index is 0.0202. The maximum Gasteiger partial charge on any atom is 0.224 e. The highest BCUT2D eigenvalue weighted by atomic mass is 16.5. The van der Waals surface area contributed by atoms with Crippen LogP contribution in [-0.4, -0.2) is 161 Å². The molecule has 0 radical (unpaired) electrons. The van der Waals surface area contributed by atoms with Gasteiger partial charge in [0.25, 0.3) is 0 Å². The van der Waals surface area contributed by atoms with Gasteiger partial charge in [-0.15, -0.1) is 0 Å². The summed E-state index contributed by atoms with van der Waals surface area (Å²) in [5, 5.41) is 8.58. The average molecular weight is 1020 g/mol. The Kier molecular flexibility index (Phi) is 36.5. The molecule has 2 amide bonds. The van der Waals surface area contributed by atoms with Gasteiger partial charge in [0, 0.05) is 59.1 Å². The Morgan fingerprint density at radius 2 is 0.639 bits per heavy atom. The zero-order valence-electron chi connectivity index (χ0n) is 50.5. The topological polar surface area (TPSA) is 104 Å². The predicted molar refractivity (Wildman–Crippen MR) is 304 cm³/mol. The Morgan fingerprint density at radius 1 is 0.389 bits per heavy atom. The van der Waals surface area contributed by atoms with Crippen LogP contribution in [0, 0.1) is 45.3 Å². The molecule has 0 unspecified atom stereocenters. The number of carbonyl (C=O) groups is 2. The molecule has 4 rings (SSSR count). The fourth-order valence-corrected chi connectivity index (χ4v) is 11.0. The number of ether oxygens (including phenoxy) is 4. The van der Waals surface area contributed by atoms with Crippen molar-refractivity contribution in [3.63, 3.8) is 0 Å². The normalized spacial score (nSPS) is 18.7. The Labute approximate surface area is 446 Å². The van der Waals surface area contributed by atoms with E-state index in [4.69, 9.17) is 24.1 Å². The molecular weight excluding hydrogens is 901 g/mol. The number of nitrogens with zero attached hydrogens (tertiary/aromatic N) is 4. The number of likely N-dealkylation sites (tertiary alicyclic amines) is 4. The number of piperidine rings is 4. The third kappa shape index (κ3) is 38.2. The number of amides is 2. The standard InChI is InChI=1S/C16H31NO2.C15H29NO3.2C15H31NO/c1-5-11-19-12-8-15(18)17-9-6-14(7-10-17)13-16(2,3)4;1-15(2,3)12-13-4-7-16(8-5-13)14(18)6-10-19-11-9-17;2*1-5-11-17-12-10-16-8-6-14(7-9-16)13-15(2,3)4/h14H,5-13H2,1-4H3;13,17H,4-12H2,1-3H3;2*14H,5-13H2,1-4H3. The van der Waals surface area contributed by atoms with E-state index in [2.05, 4.69) is 114 Å². The van der Waals surface area contributed by atoms with Crippen molar-refractivity contribution in [1.82, 2.24) is 19.6 Å². The highest BCUT2D eigenvalue weighted by Gasteiger charge is 2.28. The molecule has 428 valence electrons. The quantitative estimate of drug-likeness (QED) is 0.0947. The second-order valence-electron chi connectivity index (χ2n) is 27.0. The van der Waals surface area contributed by atoms with Gasteiger partial charge in [-0.1, -0.05) is 104 Å². The molecule has 0 aromatic heterocycles. The molecule has 4 aliphatic heterocycles. The molecule has 4 heterocycles. The summed E-state index contributed by atoms with van der Waals surface area (Å²) in [6.07, 6.45) is 19.6. The molecule has 72 heavy (non-hydrogen) atoms. The van der Waals surface area contributed by atoms with Gasteiger partial charge in [-0.25, -0.2) is 0 Å². The molecule has 0 spiro atoms. The number of carbonyl (C=O) groups excluding carboxylic acids is 2. The van der Waals surface area contributed by atoms with E-state index in [-0.39, 0.29) is 18.4 Å². The lowest BCUT2D eigenvalue weighted by molar-refractivity contribution is -0.134. The van der Waals surface area contributed by atoms with Crippen LogP contribution in [0.5, 0.6) is 0 Å². The Morgan fingerprint density at radius 3 is 0.889 bits per heavy atom. The first kappa shape index (κ1) is 68.7. The fraction of sp³-hybridized carbons (Fsp3) is 0.967. The molecule has 0 bridgehead atoms. The van der Waals surface area contributed by atoms with E-state index in [1.807, 2.05) is 9.80 Å². The van der Waals surface area contributed by atoms with Crippen molar-refractivity contribution >= 4 is 11.8 Å². The van der Waals surface area contributed by atoms with Gasteiger partial charge in [-0.3, -0.25) is 9.59 Å². The monoisotopic (exact) mass is 1020 g/mol. The minimum absolute atomic E-state index is 0.0202. The van der Waals surface area contributed by atoms with E-state index < -0.39 is 0 Å². The lowest BCUT2D eigenvalue weighted by Crippen LogP contribution is -2.39. The van der Waals surface area contributed by atoms with Crippen LogP contribution >= 0.6 is 0 Å². The van der Waals surface area contributed by atoms with E-state index in [0.717, 1.165) is 128 Å². The van der Waals surface area contributed by atoms with Crippen LogP contribution in [0.15, 0.2) is 0 Å². The van der Waals surface area contributed by atoms with Gasteiger partial charge >= 0.3 is 0 Å². The maximum atomic E-state index is 12.0. The van der Waals surface area contributed by atoms with E-state index in [1.54, 1.807) is 0 Å². The summed E-state index contributed by atoms with van der Waals surface area (Å²) >= 11 is 0. The smallest absolute Gasteiger partial charge is 0.224 e. The van der Waals surface area contributed by atoms with E-state index >= 15 is 0 Å². The molecule has 4 fully saturated rings. The lowest BCUT2D eigenvalue weighted by Gasteiger charge is -2.35. The molecule has 0 aromatic carbocycles. The molecule has 0 aromatic rings. The van der Waals surface area contributed by atoms with Crippen molar-refractivity contribution in [3.8, 4) is 0 Å². The van der Waals surface area contributed by atoms with Crippen LogP contribution in [0.2, 0.25) is 0 Å². The second kappa shape index (κ2) is 38.2. The number of rotatable bonds is 24. The summed E-state index contributed by atoms with van der Waals surface area (Å²) in [7, 11) is 0. The summed E-state index contributed by atoms with van der Waals surface area (Å²) in [4.78, 5) is 33.0. The SMILES string of the molecule is CC(C)(C)CC1CCN(C(=O)CCOCCO)CC1.CCCOCCC(=O)N1CCC(CC(C)(C)C)CC1.CCCOCCN1CCC(CC(C)(C)C)CC1.CCCOCCN1CCC(CC(C)(C)C)CC1. The molecule has 4 aliphatic rings. The highest BCUT2D eigenvalue weighted by Crippen LogP contribution is 2.34. The van der Waals surface area contributed by atoms with Gasteiger partial charge in [0.15, 0.2) is 0 Å². The zero-order chi connectivity index (χ0) is 54.1. The van der Waals surface area contributed by atoms with E-state index in [1.165, 1.54) is 90.4 Å². The lowest BCUT2D eigenvalue weighted by atomic mass is 9.80. The summed E-state index contributed by atoms with van der Waals surface area (Å²) < 4.78 is 21.6. The van der Waals surface area contributed by atoms with Crippen molar-refractivity contribution in [3.05, 3.63) is 0 Å². The highest BCUT2D eigenvalue weighted by molar-refractivity contribution is 5.76. The number of aliphatic hydroxyl groups excluding tert-OH is 1. The Hall–Kier alpha value is -1.34. The molecule has 1 N–H and O–H groups in total. The van der Waals surface area contributed by atoms with E-state index in [9.17, 15) is 9.59 Å². The first-order valence-corrected chi connectivity index (χ1v) is 29.8. The number of hydrogen-bond donors (Lipinski definition) is 1. The van der Waals surface area contributed by atoms with Crippen molar-refractivity contribution in [2.75, 3.05) is 125 Å². The van der Waals surface area contributed by atoms with Gasteiger partial charge in [-0.05, 0) is 168 Å². The molecule has 11 heteroatoms. The zero-order valence-corrected chi connectivity index (χ0v) is 50.5. The Bertz CT molecular complexity index is 1210. The molecule has 11 nitrogen and oxygen atoms in total. The van der Waals surface area contributed by atoms with Gasteiger partial charge in [0.05, 0.1) is 52.5 Å². The van der Waals surface area contributed by atoms with Crippen LogP contribution in [-0.2, 0) is 28.5 Å². The molecule has 0 saturated carbocycles. The molecule has 0 atom stereocenters. The molecule has 4 saturated heterocycles. The summed E-state index contributed by atoms with van der Waals surface area (Å²) in [6, 6.07) is 0. The third-order valence-corrected chi connectivity index (χ3v) is 14.3. The van der Waals surface area contributed by atoms with Crippen LogP contribution in [0.1, 0.15) is 213 Å². The van der Waals surface area contributed by atoms with Crippen LogP contribution in [0.25, 0.3) is 0 Å². The molecule has 0 aliphatic carbocycles. The molecular formula is C61H122N4O7. The van der Waals surface area contributed by atoms with Gasteiger partial charge < -0.3 is 43.7 Å². The van der Waals surface area contributed by atoms with Crippen molar-refractivity contribution in [2.45, 2.75) is 213 Å². The third-order valence-electron chi connectivity index (χ3n) is 14.3. The van der Waals surface area contributed by atoms with Crippen LogP contribution in [0.4, 0.5) is 0 Å². The van der Waals surface area contributed by atoms with Gasteiger partial charge in [0.2, 0.25) is 11.8 Å². The van der Waals surface area contributed by atoms with Crippen LogP contribution < -0.4 is 0 Å².